The van der Waals surface area contributed by atoms with Crippen LogP contribution >= 0.6 is 0 Å². The zero-order valence-electron chi connectivity index (χ0n) is 14.8. The Morgan fingerprint density at radius 2 is 1.93 bits per heavy atom. The second kappa shape index (κ2) is 9.15. The lowest BCUT2D eigenvalue weighted by Gasteiger charge is -2.14. The Hall–Kier alpha value is -2.91. The van der Waals surface area contributed by atoms with Gasteiger partial charge in [0.15, 0.2) is 17.6 Å². The van der Waals surface area contributed by atoms with Gasteiger partial charge in [-0.05, 0) is 38.0 Å². The van der Waals surface area contributed by atoms with Crippen molar-refractivity contribution in [3.05, 3.63) is 23.8 Å². The zero-order valence-corrected chi connectivity index (χ0v) is 14.8. The summed E-state index contributed by atoms with van der Waals surface area (Å²) in [5.41, 5.74) is 0.0702. The van der Waals surface area contributed by atoms with Gasteiger partial charge in [-0.25, -0.2) is 0 Å². The summed E-state index contributed by atoms with van der Waals surface area (Å²) in [5.74, 6) is -2.11. The fraction of sp³-hybridized carbons (Fsp3) is 0.471. The van der Waals surface area contributed by atoms with E-state index in [1.165, 1.54) is 26.2 Å². The van der Waals surface area contributed by atoms with Gasteiger partial charge in [0.1, 0.15) is 6.54 Å². The lowest BCUT2D eigenvalue weighted by molar-refractivity contribution is -0.153. The molecule has 27 heavy (non-hydrogen) atoms. The fourth-order valence-corrected chi connectivity index (χ4v) is 2.10. The molecule has 0 bridgehead atoms. The van der Waals surface area contributed by atoms with Gasteiger partial charge >= 0.3 is 12.6 Å². The molecule has 1 fully saturated rings. The highest BCUT2D eigenvalue weighted by Gasteiger charge is 2.27. The van der Waals surface area contributed by atoms with Crippen LogP contribution in [0, 0.1) is 0 Å². The van der Waals surface area contributed by atoms with Gasteiger partial charge in [-0.2, -0.15) is 8.78 Å². The van der Waals surface area contributed by atoms with Gasteiger partial charge in [0.2, 0.25) is 0 Å². The molecule has 0 unspecified atom stereocenters. The van der Waals surface area contributed by atoms with Crippen LogP contribution in [0.3, 0.4) is 0 Å². The molecule has 0 aromatic heterocycles. The molecule has 1 atom stereocenters. The summed E-state index contributed by atoms with van der Waals surface area (Å²) < 4.78 is 38.7. The highest BCUT2D eigenvalue weighted by atomic mass is 19.3. The number of benzene rings is 1. The maximum Gasteiger partial charge on any atom is 0.387 e. The first kappa shape index (κ1) is 20.4. The van der Waals surface area contributed by atoms with Gasteiger partial charge < -0.3 is 24.8 Å². The number of alkyl halides is 2. The number of carbonyl (C=O) groups excluding carboxylic acids is 3. The smallest absolute Gasteiger partial charge is 0.387 e. The lowest BCUT2D eigenvalue weighted by atomic mass is 10.2. The van der Waals surface area contributed by atoms with Crippen LogP contribution in [0.25, 0.3) is 0 Å². The van der Waals surface area contributed by atoms with Gasteiger partial charge in [0.05, 0.1) is 7.11 Å². The number of esters is 1. The van der Waals surface area contributed by atoms with Crippen molar-refractivity contribution in [2.75, 3.05) is 13.7 Å². The third-order valence-electron chi connectivity index (χ3n) is 3.64. The molecule has 1 aliphatic carbocycles. The van der Waals surface area contributed by atoms with Crippen molar-refractivity contribution in [1.82, 2.24) is 10.6 Å². The van der Waals surface area contributed by atoms with E-state index in [4.69, 9.17) is 9.47 Å². The fourth-order valence-electron chi connectivity index (χ4n) is 2.10. The van der Waals surface area contributed by atoms with Gasteiger partial charge in [-0.1, -0.05) is 0 Å². The van der Waals surface area contributed by atoms with E-state index >= 15 is 0 Å². The third kappa shape index (κ3) is 6.39. The van der Waals surface area contributed by atoms with Crippen LogP contribution in [-0.4, -0.2) is 50.2 Å². The second-order valence-corrected chi connectivity index (χ2v) is 5.84. The van der Waals surface area contributed by atoms with Crippen molar-refractivity contribution < 1.29 is 37.4 Å². The number of rotatable bonds is 9. The minimum atomic E-state index is -3.03. The molecule has 1 saturated carbocycles. The first-order chi connectivity index (χ1) is 12.8. The number of nitrogens with one attached hydrogen (secondary N) is 2. The molecule has 1 aromatic carbocycles. The minimum absolute atomic E-state index is 0.0594. The number of methoxy groups -OCH3 is 1. The average molecular weight is 386 g/mol. The second-order valence-electron chi connectivity index (χ2n) is 5.84. The molecule has 1 aromatic rings. The Bertz CT molecular complexity index is 709. The van der Waals surface area contributed by atoms with Gasteiger partial charge in [-0.15, -0.1) is 0 Å². The number of halogens is 2. The molecule has 0 radical (unpaired) electrons. The van der Waals surface area contributed by atoms with Crippen LogP contribution in [0.5, 0.6) is 11.5 Å². The van der Waals surface area contributed by atoms with E-state index in [0.717, 1.165) is 18.9 Å². The Balaban J connectivity index is 1.85. The predicted octanol–water partition coefficient (Wildman–Crippen LogP) is 1.24. The molecule has 2 rings (SSSR count). The largest absolute Gasteiger partial charge is 0.493 e. The van der Waals surface area contributed by atoms with Crippen molar-refractivity contribution in [3.63, 3.8) is 0 Å². The highest BCUT2D eigenvalue weighted by Crippen LogP contribution is 2.29. The first-order valence-electron chi connectivity index (χ1n) is 8.21. The van der Waals surface area contributed by atoms with Gasteiger partial charge in [-0.3, -0.25) is 14.4 Å². The average Bonchev–Trinajstić information content (AvgIpc) is 3.43. The van der Waals surface area contributed by atoms with Crippen molar-refractivity contribution in [1.29, 1.82) is 0 Å². The number of carbonyl (C=O) groups is 3. The summed E-state index contributed by atoms with van der Waals surface area (Å²) in [7, 11) is 1.24. The number of amides is 2. The van der Waals surface area contributed by atoms with E-state index in [9.17, 15) is 23.2 Å². The summed E-state index contributed by atoms with van der Waals surface area (Å²) in [6.45, 7) is -2.06. The standard InChI is InChI=1S/C17H20F2N2O6/c1-9(15(23)21-11-4-5-11)26-14(22)8-20-16(24)10-3-6-12(27-17(18)19)13(7-10)25-2/h3,6-7,9,11,17H,4-5,8H2,1-2H3,(H,20,24)(H,21,23)/t9-/m1/s1. The van der Waals surface area contributed by atoms with Gasteiger partial charge in [0, 0.05) is 11.6 Å². The molecular formula is C17H20F2N2O6. The Labute approximate surface area is 154 Å². The first-order valence-corrected chi connectivity index (χ1v) is 8.21. The number of hydrogen-bond donors (Lipinski definition) is 2. The Kier molecular flexibility index (Phi) is 6.91. The van der Waals surface area contributed by atoms with Crippen LogP contribution in [-0.2, 0) is 14.3 Å². The van der Waals surface area contributed by atoms with E-state index in [1.807, 2.05) is 0 Å². The lowest BCUT2D eigenvalue weighted by Crippen LogP contribution is -2.39. The van der Waals surface area contributed by atoms with Gasteiger partial charge in [0.25, 0.3) is 11.8 Å². The van der Waals surface area contributed by atoms with Crippen molar-refractivity contribution in [2.45, 2.75) is 38.5 Å². The topological polar surface area (TPSA) is 103 Å². The monoisotopic (exact) mass is 386 g/mol. The highest BCUT2D eigenvalue weighted by molar-refractivity contribution is 5.96. The zero-order chi connectivity index (χ0) is 20.0. The van der Waals surface area contributed by atoms with Crippen LogP contribution in [0.1, 0.15) is 30.1 Å². The van der Waals surface area contributed by atoms with E-state index < -0.39 is 37.0 Å². The van der Waals surface area contributed by atoms with Crippen LogP contribution in [0.4, 0.5) is 8.78 Å². The molecule has 0 heterocycles. The van der Waals surface area contributed by atoms with Crippen LogP contribution < -0.4 is 20.1 Å². The normalized spacial score (nSPS) is 14.3. The summed E-state index contributed by atoms with van der Waals surface area (Å²) in [6.07, 6.45) is 0.848. The van der Waals surface area contributed by atoms with E-state index in [1.54, 1.807) is 0 Å². The summed E-state index contributed by atoms with van der Waals surface area (Å²) in [6, 6.07) is 3.74. The Morgan fingerprint density at radius 1 is 1.22 bits per heavy atom. The molecule has 2 amide bonds. The predicted molar refractivity (Wildman–Crippen MR) is 88.7 cm³/mol. The molecule has 8 nitrogen and oxygen atoms in total. The molecule has 2 N–H and O–H groups in total. The summed E-state index contributed by atoms with van der Waals surface area (Å²) in [4.78, 5) is 35.5. The molecule has 148 valence electrons. The molecule has 0 aliphatic heterocycles. The Morgan fingerprint density at radius 3 is 2.52 bits per heavy atom. The molecule has 1 aliphatic rings. The number of ether oxygens (including phenoxy) is 3. The van der Waals surface area contributed by atoms with Crippen LogP contribution in [0.2, 0.25) is 0 Å². The van der Waals surface area contributed by atoms with Crippen molar-refractivity contribution in [3.8, 4) is 11.5 Å². The molecule has 10 heteroatoms. The summed E-state index contributed by atoms with van der Waals surface area (Å²) >= 11 is 0. The SMILES string of the molecule is COc1cc(C(=O)NCC(=O)O[C@H](C)C(=O)NC2CC2)ccc1OC(F)F. The number of hydrogen-bond acceptors (Lipinski definition) is 6. The molecule has 0 saturated heterocycles. The summed E-state index contributed by atoms with van der Waals surface area (Å²) in [5, 5.41) is 5.02. The minimum Gasteiger partial charge on any atom is -0.493 e. The van der Waals surface area contributed by atoms with Crippen molar-refractivity contribution >= 4 is 17.8 Å². The quantitative estimate of drug-likeness (QED) is 0.619. The maximum absolute atomic E-state index is 12.3. The third-order valence-corrected chi connectivity index (χ3v) is 3.64. The molecule has 0 spiro atoms. The van der Waals surface area contributed by atoms with E-state index in [-0.39, 0.29) is 23.1 Å². The van der Waals surface area contributed by atoms with E-state index in [0.29, 0.717) is 0 Å². The molecular weight excluding hydrogens is 366 g/mol. The maximum atomic E-state index is 12.3. The van der Waals surface area contributed by atoms with Crippen LogP contribution in [0.15, 0.2) is 18.2 Å². The van der Waals surface area contributed by atoms with E-state index in [2.05, 4.69) is 15.4 Å². The van der Waals surface area contributed by atoms with Crippen molar-refractivity contribution in [2.24, 2.45) is 0 Å².